The molecule has 0 saturated carbocycles. The molecule has 44 heavy (non-hydrogen) atoms. The third-order valence-corrected chi connectivity index (χ3v) is 7.82. The van der Waals surface area contributed by atoms with Crippen molar-refractivity contribution in [3.63, 3.8) is 0 Å². The second kappa shape index (κ2) is 9.75. The van der Waals surface area contributed by atoms with Crippen molar-refractivity contribution in [1.29, 1.82) is 0 Å². The molecule has 0 radical (unpaired) electrons. The van der Waals surface area contributed by atoms with E-state index in [0.717, 1.165) is 11.1 Å². The molecule has 0 spiro atoms. The van der Waals surface area contributed by atoms with Crippen LogP contribution in [0.15, 0.2) is 151 Å². The lowest BCUT2D eigenvalue weighted by atomic mass is 10.1. The van der Waals surface area contributed by atoms with Gasteiger partial charge in [0.25, 0.3) is 0 Å². The van der Waals surface area contributed by atoms with Gasteiger partial charge in [-0.2, -0.15) is 9.97 Å². The highest BCUT2D eigenvalue weighted by Crippen LogP contribution is 2.41. The van der Waals surface area contributed by atoms with Gasteiger partial charge in [-0.05, 0) is 24.2 Å². The van der Waals surface area contributed by atoms with E-state index >= 15 is 0 Å². The SMILES string of the molecule is [2H]c1cc([2H])c2c(c1)c1c([2H])c([2H])c3c4c([2H])c([2H])cc([2H])c4n(-c4nc(-c5ccccc5)nc(-c5ccccc5)n4)c3c1n2-c1ccccc1. The summed E-state index contributed by atoms with van der Waals surface area (Å²) in [6.45, 7) is 0. The van der Waals surface area contributed by atoms with Crippen LogP contribution in [0.3, 0.4) is 0 Å². The zero-order valence-corrected chi connectivity index (χ0v) is 23.1. The highest BCUT2D eigenvalue weighted by Gasteiger charge is 2.23. The molecule has 5 nitrogen and oxygen atoms in total. The molecule has 9 rings (SSSR count). The topological polar surface area (TPSA) is 48.5 Å². The van der Waals surface area contributed by atoms with Gasteiger partial charge >= 0.3 is 0 Å². The Kier molecular flexibility index (Phi) is 4.09. The number of nitrogens with zero attached hydrogens (tertiary/aromatic N) is 5. The van der Waals surface area contributed by atoms with E-state index < -0.39 is 0 Å². The van der Waals surface area contributed by atoms with E-state index in [1.165, 1.54) is 12.1 Å². The first-order chi connectivity index (χ1) is 24.7. The fraction of sp³-hybridized carbons (Fsp3) is 0. The summed E-state index contributed by atoms with van der Waals surface area (Å²) in [5.74, 6) is 0.836. The Bertz CT molecular complexity index is 2810. The van der Waals surface area contributed by atoms with Crippen LogP contribution in [0.2, 0.25) is 0 Å². The van der Waals surface area contributed by atoms with Crippen LogP contribution in [0.25, 0.3) is 78.0 Å². The molecule has 0 aliphatic heterocycles. The van der Waals surface area contributed by atoms with E-state index in [2.05, 4.69) is 0 Å². The maximum absolute atomic E-state index is 9.45. The molecule has 0 bridgehead atoms. The Morgan fingerprint density at radius 3 is 1.64 bits per heavy atom. The fourth-order valence-corrected chi connectivity index (χ4v) is 5.91. The van der Waals surface area contributed by atoms with Gasteiger partial charge < -0.3 is 4.57 Å². The lowest BCUT2D eigenvalue weighted by molar-refractivity contribution is 0.953. The molecule has 3 heterocycles. The number of benzene rings is 6. The van der Waals surface area contributed by atoms with Gasteiger partial charge in [-0.1, -0.05) is 127 Å². The van der Waals surface area contributed by atoms with Crippen molar-refractivity contribution in [3.05, 3.63) is 151 Å². The molecule has 206 valence electrons. The van der Waals surface area contributed by atoms with Crippen molar-refractivity contribution in [2.24, 2.45) is 0 Å². The van der Waals surface area contributed by atoms with Crippen molar-refractivity contribution < 1.29 is 9.60 Å². The molecule has 0 N–H and O–H groups in total. The summed E-state index contributed by atoms with van der Waals surface area (Å²) < 4.78 is 66.8. The highest BCUT2D eigenvalue weighted by molar-refractivity contribution is 6.23. The van der Waals surface area contributed by atoms with E-state index in [4.69, 9.17) is 20.4 Å². The molecular formula is C39H25N5. The summed E-state index contributed by atoms with van der Waals surface area (Å²) in [6, 6.07) is 31.9. The maximum Gasteiger partial charge on any atom is 0.238 e. The van der Waals surface area contributed by atoms with Gasteiger partial charge in [0.15, 0.2) is 11.6 Å². The van der Waals surface area contributed by atoms with Crippen molar-refractivity contribution in [2.75, 3.05) is 0 Å². The average Bonchev–Trinajstić information content (AvgIpc) is 3.69. The number of hydrogen-bond acceptors (Lipinski definition) is 3. The number of hydrogen-bond donors (Lipinski definition) is 0. The molecule has 5 heteroatoms. The minimum Gasteiger partial charge on any atom is -0.307 e. The Labute approximate surface area is 263 Å². The largest absolute Gasteiger partial charge is 0.307 e. The molecule has 0 aliphatic carbocycles. The third kappa shape index (κ3) is 3.69. The van der Waals surface area contributed by atoms with E-state index in [0.29, 0.717) is 44.7 Å². The normalized spacial score (nSPS) is 13.9. The van der Waals surface area contributed by atoms with E-state index in [9.17, 15) is 4.11 Å². The lowest BCUT2D eigenvalue weighted by Gasteiger charge is -2.13. The summed E-state index contributed by atoms with van der Waals surface area (Å²) >= 11 is 0. The first kappa shape index (κ1) is 18.5. The summed E-state index contributed by atoms with van der Waals surface area (Å²) in [7, 11) is 0. The molecule has 0 fully saturated rings. The van der Waals surface area contributed by atoms with Gasteiger partial charge in [0, 0.05) is 38.4 Å². The predicted octanol–water partition coefficient (Wildman–Crippen LogP) is 9.40. The molecule has 0 amide bonds. The van der Waals surface area contributed by atoms with Gasteiger partial charge in [0.1, 0.15) is 0 Å². The van der Waals surface area contributed by atoms with Crippen LogP contribution in [-0.4, -0.2) is 24.1 Å². The Balaban J connectivity index is 1.59. The number of fused-ring (bicyclic) bond motifs is 7. The Hall–Kier alpha value is -6.07. The number of para-hydroxylation sites is 3. The van der Waals surface area contributed by atoms with Crippen LogP contribution < -0.4 is 0 Å². The predicted molar refractivity (Wildman–Crippen MR) is 179 cm³/mol. The minimum absolute atomic E-state index is 0.0630. The van der Waals surface area contributed by atoms with Crippen molar-refractivity contribution >= 4 is 43.6 Å². The van der Waals surface area contributed by atoms with Crippen LogP contribution in [-0.2, 0) is 0 Å². The van der Waals surface area contributed by atoms with Gasteiger partial charge in [-0.15, -0.1) is 0 Å². The van der Waals surface area contributed by atoms with E-state index in [-0.39, 0.29) is 64.5 Å². The third-order valence-electron chi connectivity index (χ3n) is 7.82. The molecule has 9 aromatic rings. The molecule has 0 atom stereocenters. The summed E-state index contributed by atoms with van der Waals surface area (Å²) in [4.78, 5) is 14.8. The van der Waals surface area contributed by atoms with Gasteiger partial charge in [-0.25, -0.2) is 4.98 Å². The van der Waals surface area contributed by atoms with E-state index in [1.807, 2.05) is 95.6 Å². The Morgan fingerprint density at radius 2 is 0.977 bits per heavy atom. The van der Waals surface area contributed by atoms with Crippen molar-refractivity contribution in [3.8, 4) is 34.4 Å². The number of rotatable bonds is 4. The standard InChI is InChI=1S/C39H25N5/c1-4-14-26(15-5-1)37-40-38(27-16-6-2-7-17-27)42-39(41-37)44-34-23-13-11-21-30(34)32-25-24-31-29-20-10-12-22-33(29)43(35(31)36(32)44)28-18-8-3-9-19-28/h1-25H/i10D,11D,21D,22D,23D,24D,25D. The molecular weight excluding hydrogens is 538 g/mol. The molecule has 0 unspecified atom stereocenters. The van der Waals surface area contributed by atoms with Crippen molar-refractivity contribution in [1.82, 2.24) is 24.1 Å². The van der Waals surface area contributed by atoms with Crippen LogP contribution in [0.5, 0.6) is 0 Å². The zero-order valence-electron chi connectivity index (χ0n) is 30.1. The average molecular weight is 571 g/mol. The maximum atomic E-state index is 9.45. The summed E-state index contributed by atoms with van der Waals surface area (Å²) in [6.07, 6.45) is 0. The van der Waals surface area contributed by atoms with Crippen LogP contribution in [0.4, 0.5) is 0 Å². The first-order valence-corrected chi connectivity index (χ1v) is 14.1. The lowest BCUT2D eigenvalue weighted by Crippen LogP contribution is -2.07. The fourth-order valence-electron chi connectivity index (χ4n) is 5.91. The van der Waals surface area contributed by atoms with E-state index in [1.54, 1.807) is 10.6 Å². The molecule has 0 aliphatic rings. The quantitative estimate of drug-likeness (QED) is 0.212. The Morgan fingerprint density at radius 1 is 0.432 bits per heavy atom. The molecule has 3 aromatic heterocycles. The van der Waals surface area contributed by atoms with Crippen molar-refractivity contribution in [2.45, 2.75) is 0 Å². The van der Waals surface area contributed by atoms with Crippen LogP contribution in [0.1, 0.15) is 9.60 Å². The van der Waals surface area contributed by atoms with Gasteiger partial charge in [-0.3, -0.25) is 4.57 Å². The smallest absolute Gasteiger partial charge is 0.238 e. The number of aromatic nitrogens is 5. The van der Waals surface area contributed by atoms with Gasteiger partial charge in [0.05, 0.1) is 31.7 Å². The molecule has 0 saturated heterocycles. The second-order valence-corrected chi connectivity index (χ2v) is 10.4. The van der Waals surface area contributed by atoms with Crippen LogP contribution in [0, 0.1) is 0 Å². The monoisotopic (exact) mass is 570 g/mol. The first-order valence-electron chi connectivity index (χ1n) is 17.6. The van der Waals surface area contributed by atoms with Crippen LogP contribution >= 0.6 is 0 Å². The second-order valence-electron chi connectivity index (χ2n) is 10.4. The zero-order chi connectivity index (χ0) is 35.1. The molecule has 6 aromatic carbocycles. The minimum atomic E-state index is -0.214. The summed E-state index contributed by atoms with van der Waals surface area (Å²) in [5, 5.41) is 1.13. The summed E-state index contributed by atoms with van der Waals surface area (Å²) in [5.41, 5.74) is 3.52. The van der Waals surface area contributed by atoms with Gasteiger partial charge in [0.2, 0.25) is 5.95 Å². The highest BCUT2D eigenvalue weighted by atomic mass is 15.2.